The first-order valence-electron chi connectivity index (χ1n) is 5.29. The van der Waals surface area contributed by atoms with Crippen LogP contribution < -0.4 is 5.73 Å². The predicted molar refractivity (Wildman–Crippen MR) is 72.4 cm³/mol. The maximum Gasteiger partial charge on any atom is 0.356 e. The van der Waals surface area contributed by atoms with E-state index in [0.717, 1.165) is 17.7 Å². The summed E-state index contributed by atoms with van der Waals surface area (Å²) in [5.41, 5.74) is 6.31. The Morgan fingerprint density at radius 1 is 1.56 bits per heavy atom. The molecule has 6 heteroatoms. The number of anilines is 1. The lowest BCUT2D eigenvalue weighted by atomic mass is 10.2. The molecule has 96 valence electrons. The zero-order valence-electron chi connectivity index (χ0n) is 9.92. The lowest BCUT2D eigenvalue weighted by molar-refractivity contribution is -0.109. The molecule has 0 radical (unpaired) electrons. The number of carboxylic acid groups (broad SMARTS) is 1. The molecular formula is C12H14N2O3S. The summed E-state index contributed by atoms with van der Waals surface area (Å²) >= 11 is 1.27. The zero-order valence-corrected chi connectivity index (χ0v) is 10.7. The summed E-state index contributed by atoms with van der Waals surface area (Å²) < 4.78 is 0. The number of allylic oxidation sites excluding steroid dienone is 1. The first-order chi connectivity index (χ1) is 8.50. The maximum absolute atomic E-state index is 10.7. The van der Waals surface area contributed by atoms with Gasteiger partial charge in [-0.25, -0.2) is 9.78 Å². The van der Waals surface area contributed by atoms with E-state index in [1.165, 1.54) is 24.9 Å². The van der Waals surface area contributed by atoms with Gasteiger partial charge in [0.25, 0.3) is 0 Å². The molecule has 0 atom stereocenters. The fourth-order valence-corrected chi connectivity index (χ4v) is 1.80. The first kappa shape index (κ1) is 14.2. The second-order valence-corrected chi connectivity index (χ2v) is 4.81. The molecule has 0 saturated heterocycles. The highest BCUT2D eigenvalue weighted by molar-refractivity contribution is 8.13. The number of nitrogens with zero attached hydrogens (tertiary/aromatic N) is 1. The number of rotatable bonds is 5. The van der Waals surface area contributed by atoms with Crippen LogP contribution in [0.3, 0.4) is 0 Å². The van der Waals surface area contributed by atoms with Gasteiger partial charge in [0.1, 0.15) is 0 Å². The van der Waals surface area contributed by atoms with E-state index in [9.17, 15) is 9.59 Å². The highest BCUT2D eigenvalue weighted by Gasteiger charge is 2.08. The van der Waals surface area contributed by atoms with Crippen molar-refractivity contribution in [2.75, 3.05) is 11.5 Å². The van der Waals surface area contributed by atoms with E-state index in [4.69, 9.17) is 10.8 Å². The van der Waals surface area contributed by atoms with Gasteiger partial charge in [-0.1, -0.05) is 23.9 Å². The number of nitrogen functional groups attached to an aromatic ring is 1. The monoisotopic (exact) mass is 266 g/mol. The Morgan fingerprint density at radius 3 is 2.83 bits per heavy atom. The van der Waals surface area contributed by atoms with Crippen LogP contribution in [0.4, 0.5) is 5.69 Å². The Bertz CT molecular complexity index is 486. The van der Waals surface area contributed by atoms with Gasteiger partial charge in [0.05, 0.1) is 5.69 Å². The number of nitrogens with two attached hydrogens (primary N) is 1. The third kappa shape index (κ3) is 4.58. The minimum Gasteiger partial charge on any atom is -0.476 e. The van der Waals surface area contributed by atoms with Gasteiger partial charge < -0.3 is 10.8 Å². The van der Waals surface area contributed by atoms with Crippen molar-refractivity contribution < 1.29 is 14.7 Å². The highest BCUT2D eigenvalue weighted by Crippen LogP contribution is 2.13. The minimum atomic E-state index is -1.14. The second kappa shape index (κ2) is 6.80. The lowest BCUT2D eigenvalue weighted by Crippen LogP contribution is -2.05. The van der Waals surface area contributed by atoms with Crippen LogP contribution in [-0.2, 0) is 4.79 Å². The lowest BCUT2D eigenvalue weighted by Gasteiger charge is -2.00. The summed E-state index contributed by atoms with van der Waals surface area (Å²) in [6.07, 6.45) is 5.90. The molecule has 0 bridgehead atoms. The van der Waals surface area contributed by atoms with Gasteiger partial charge in [-0.3, -0.25) is 4.79 Å². The van der Waals surface area contributed by atoms with Crippen molar-refractivity contribution in [2.45, 2.75) is 13.3 Å². The van der Waals surface area contributed by atoms with E-state index >= 15 is 0 Å². The van der Waals surface area contributed by atoms with Crippen molar-refractivity contribution in [3.05, 3.63) is 29.6 Å². The summed E-state index contributed by atoms with van der Waals surface area (Å²) in [5, 5.41) is 8.86. The van der Waals surface area contributed by atoms with E-state index in [-0.39, 0.29) is 16.5 Å². The van der Waals surface area contributed by atoms with Crippen LogP contribution in [0.2, 0.25) is 0 Å². The van der Waals surface area contributed by atoms with E-state index in [2.05, 4.69) is 4.98 Å². The minimum absolute atomic E-state index is 0.0973. The zero-order chi connectivity index (χ0) is 13.5. The number of aromatic carboxylic acids is 1. The SMILES string of the molecule is CC(=O)SCCC=Cc1cnc(C(=O)O)c(N)c1. The molecular weight excluding hydrogens is 252 g/mol. The van der Waals surface area contributed by atoms with Crippen molar-refractivity contribution in [1.29, 1.82) is 0 Å². The summed E-state index contributed by atoms with van der Waals surface area (Å²) in [5.74, 6) is -0.414. The summed E-state index contributed by atoms with van der Waals surface area (Å²) in [6, 6.07) is 1.56. The number of carbonyl (C=O) groups excluding carboxylic acids is 1. The average molecular weight is 266 g/mol. The molecule has 0 unspecified atom stereocenters. The van der Waals surface area contributed by atoms with E-state index in [1.54, 1.807) is 12.1 Å². The highest BCUT2D eigenvalue weighted by atomic mass is 32.2. The van der Waals surface area contributed by atoms with Crippen LogP contribution >= 0.6 is 11.8 Å². The number of hydrogen-bond acceptors (Lipinski definition) is 5. The molecule has 1 aromatic heterocycles. The van der Waals surface area contributed by atoms with Gasteiger partial charge in [-0.05, 0) is 18.1 Å². The average Bonchev–Trinajstić information content (AvgIpc) is 2.27. The van der Waals surface area contributed by atoms with Crippen LogP contribution in [-0.4, -0.2) is 26.9 Å². The van der Waals surface area contributed by atoms with Crippen LogP contribution in [0.15, 0.2) is 18.3 Å². The van der Waals surface area contributed by atoms with Crippen LogP contribution in [0.1, 0.15) is 29.4 Å². The summed E-state index contributed by atoms with van der Waals surface area (Å²) in [4.78, 5) is 25.2. The van der Waals surface area contributed by atoms with Crippen LogP contribution in [0.25, 0.3) is 6.08 Å². The third-order valence-electron chi connectivity index (χ3n) is 2.04. The van der Waals surface area contributed by atoms with Gasteiger partial charge in [-0.15, -0.1) is 0 Å². The molecule has 5 nitrogen and oxygen atoms in total. The molecule has 0 aliphatic carbocycles. The van der Waals surface area contributed by atoms with Crippen molar-refractivity contribution in [3.8, 4) is 0 Å². The number of aromatic nitrogens is 1. The fourth-order valence-electron chi connectivity index (χ4n) is 1.26. The Hall–Kier alpha value is -1.82. The quantitative estimate of drug-likeness (QED) is 0.792. The smallest absolute Gasteiger partial charge is 0.356 e. The third-order valence-corrected chi connectivity index (χ3v) is 2.89. The number of carboxylic acids is 1. The standard InChI is InChI=1S/C12H14N2O3S/c1-8(15)18-5-3-2-4-9-6-10(13)11(12(16)17)14-7-9/h2,4,6-7H,3,5,13H2,1H3,(H,16,17). The van der Waals surface area contributed by atoms with E-state index in [0.29, 0.717) is 0 Å². The number of hydrogen-bond donors (Lipinski definition) is 2. The second-order valence-electron chi connectivity index (χ2n) is 3.54. The molecule has 0 spiro atoms. The first-order valence-corrected chi connectivity index (χ1v) is 6.28. The normalized spacial score (nSPS) is 10.7. The van der Waals surface area contributed by atoms with Crippen molar-refractivity contribution >= 4 is 34.6 Å². The molecule has 0 saturated carbocycles. The molecule has 0 fully saturated rings. The van der Waals surface area contributed by atoms with Crippen LogP contribution in [0.5, 0.6) is 0 Å². The largest absolute Gasteiger partial charge is 0.476 e. The Morgan fingerprint density at radius 2 is 2.28 bits per heavy atom. The number of carbonyl (C=O) groups is 2. The maximum atomic E-state index is 10.7. The summed E-state index contributed by atoms with van der Waals surface area (Å²) in [6.45, 7) is 1.53. The Labute approximate surface area is 109 Å². The molecule has 0 amide bonds. The summed E-state index contributed by atoms with van der Waals surface area (Å²) in [7, 11) is 0. The topological polar surface area (TPSA) is 93.3 Å². The molecule has 0 aliphatic heterocycles. The van der Waals surface area contributed by atoms with Gasteiger partial charge in [0, 0.05) is 18.9 Å². The number of pyridine rings is 1. The molecule has 0 aromatic carbocycles. The molecule has 1 heterocycles. The van der Waals surface area contributed by atoms with Gasteiger partial charge in [0.2, 0.25) is 0 Å². The van der Waals surface area contributed by atoms with Crippen molar-refractivity contribution in [2.24, 2.45) is 0 Å². The van der Waals surface area contributed by atoms with Gasteiger partial charge >= 0.3 is 5.97 Å². The predicted octanol–water partition coefficient (Wildman–Crippen LogP) is 2.04. The van der Waals surface area contributed by atoms with Gasteiger partial charge in [0.15, 0.2) is 10.8 Å². The van der Waals surface area contributed by atoms with Crippen LogP contribution in [0, 0.1) is 0 Å². The molecule has 18 heavy (non-hydrogen) atoms. The van der Waals surface area contributed by atoms with Gasteiger partial charge in [-0.2, -0.15) is 0 Å². The van der Waals surface area contributed by atoms with Crippen molar-refractivity contribution in [3.63, 3.8) is 0 Å². The van der Waals surface area contributed by atoms with Crippen molar-refractivity contribution in [1.82, 2.24) is 4.98 Å². The fraction of sp³-hybridized carbons (Fsp3) is 0.250. The Balaban J connectivity index is 2.58. The molecule has 1 aromatic rings. The van der Waals surface area contributed by atoms with E-state index < -0.39 is 5.97 Å². The molecule has 0 aliphatic rings. The van der Waals surface area contributed by atoms with E-state index in [1.807, 2.05) is 6.08 Å². The molecule has 1 rings (SSSR count). The Kier molecular flexibility index (Phi) is 5.38. The molecule has 3 N–H and O–H groups in total. The number of thioether (sulfide) groups is 1.